The van der Waals surface area contributed by atoms with Crippen LogP contribution in [-0.4, -0.2) is 67.3 Å². The summed E-state index contributed by atoms with van der Waals surface area (Å²) in [5.74, 6) is 0. The van der Waals surface area contributed by atoms with Crippen LogP contribution >= 0.6 is 0 Å². The molecule has 0 spiro atoms. The highest BCUT2D eigenvalue weighted by atomic mass is 16.5. The van der Waals surface area contributed by atoms with Gasteiger partial charge in [0.15, 0.2) is 0 Å². The minimum Gasteiger partial charge on any atom is -0.394 e. The van der Waals surface area contributed by atoms with Crippen LogP contribution in [0, 0.1) is 0 Å². The summed E-state index contributed by atoms with van der Waals surface area (Å²) in [5, 5.41) is 8.87. The fourth-order valence-electron chi connectivity index (χ4n) is 2.61. The third-order valence-electron chi connectivity index (χ3n) is 3.79. The zero-order valence-electron chi connectivity index (χ0n) is 21.9. The van der Waals surface area contributed by atoms with Crippen molar-refractivity contribution in [1.29, 1.82) is 0 Å². The molecule has 3 rings (SSSR count). The second-order valence-electron chi connectivity index (χ2n) is 5.53. The van der Waals surface area contributed by atoms with Crippen LogP contribution in [0.4, 0.5) is 0 Å². The van der Waals surface area contributed by atoms with Crippen LogP contribution in [0.5, 0.6) is 0 Å². The molecule has 0 aromatic heterocycles. The summed E-state index contributed by atoms with van der Waals surface area (Å²) < 4.78 is 74.7. The number of aliphatic hydroxyl groups excluding tert-OH is 1. The van der Waals surface area contributed by atoms with Gasteiger partial charge in [0.25, 0.3) is 0 Å². The van der Waals surface area contributed by atoms with Gasteiger partial charge in [-0.3, -0.25) is 9.80 Å². The Kier molecular flexibility index (Phi) is 4.04. The zero-order chi connectivity index (χ0) is 24.5. The fourth-order valence-corrected chi connectivity index (χ4v) is 2.61. The van der Waals surface area contributed by atoms with Crippen molar-refractivity contribution >= 4 is 0 Å². The molecule has 1 aliphatic rings. The minimum absolute atomic E-state index is 0.0458. The Labute approximate surface area is 161 Å². The summed E-state index contributed by atoms with van der Waals surface area (Å²) in [6.07, 6.45) is 0. The number of aliphatic hydroxyl groups is 1. The van der Waals surface area contributed by atoms with E-state index in [0.29, 0.717) is 20.9 Å². The lowest BCUT2D eigenvalue weighted by atomic mass is 9.96. The van der Waals surface area contributed by atoms with Gasteiger partial charge in [0.05, 0.1) is 25.9 Å². The lowest BCUT2D eigenvalue weighted by Gasteiger charge is -2.39. The van der Waals surface area contributed by atoms with Crippen molar-refractivity contribution in [1.82, 2.24) is 9.80 Å². The fraction of sp³-hybridized carbons (Fsp3) is 0.429. The monoisotopic (exact) mass is 348 g/mol. The zero-order valence-corrected chi connectivity index (χ0v) is 13.9. The molecule has 1 saturated heterocycles. The van der Waals surface area contributed by atoms with Gasteiger partial charge in [-0.25, -0.2) is 0 Å². The summed E-state index contributed by atoms with van der Waals surface area (Å²) in [4.78, 5) is 1.22. The first-order valence-corrected chi connectivity index (χ1v) is 8.26. The van der Waals surface area contributed by atoms with Crippen molar-refractivity contribution in [3.05, 3.63) is 71.8 Å². The van der Waals surface area contributed by atoms with Gasteiger partial charge in [-0.15, -0.1) is 0 Å². The molecule has 4 heteroatoms. The Balaban J connectivity index is 2.16. The first-order chi connectivity index (χ1) is 15.4. The average molecular weight is 349 g/mol. The maximum absolute atomic E-state index is 8.87. The normalized spacial score (nSPS) is 29.2. The van der Waals surface area contributed by atoms with E-state index in [2.05, 4.69) is 0 Å². The molecule has 2 aromatic carbocycles. The highest BCUT2D eigenvalue weighted by Crippen LogP contribution is 2.29. The Morgan fingerprint density at radius 3 is 1.96 bits per heavy atom. The maximum atomic E-state index is 8.87. The van der Waals surface area contributed by atoms with Crippen LogP contribution in [0.15, 0.2) is 60.7 Å². The summed E-state index contributed by atoms with van der Waals surface area (Å²) in [7, 11) is 0. The van der Waals surface area contributed by atoms with Crippen molar-refractivity contribution in [3.63, 3.8) is 0 Å². The third kappa shape index (κ3) is 5.13. The van der Waals surface area contributed by atoms with Gasteiger partial charge in [-0.2, -0.15) is 0 Å². The lowest BCUT2D eigenvalue weighted by molar-refractivity contribution is 0.0522. The number of rotatable bonds is 8. The van der Waals surface area contributed by atoms with Gasteiger partial charge in [0.1, 0.15) is 0 Å². The number of hydrogen-bond acceptors (Lipinski definition) is 4. The van der Waals surface area contributed by atoms with Crippen molar-refractivity contribution < 1.29 is 20.8 Å². The van der Waals surface area contributed by atoms with E-state index in [1.807, 2.05) is 0 Å². The summed E-state index contributed by atoms with van der Waals surface area (Å²) in [6.45, 7) is -12.7. The first-order valence-electron chi connectivity index (χ1n) is 12.3. The topological polar surface area (TPSA) is 35.9 Å². The van der Waals surface area contributed by atoms with Gasteiger partial charge < -0.3 is 9.84 Å². The summed E-state index contributed by atoms with van der Waals surface area (Å²) >= 11 is 0. The standard InChI is InChI=1S/C21H28N2O2/c24-16-18-25-17-15-22-11-13-23(14-12-22)21(19-7-3-1-4-8-19)20-9-5-2-6-10-20/h1-10,21,24H,11-18H2/i11D2,12D2,13D2,14D2. The number of benzene rings is 2. The molecule has 0 unspecified atom stereocenters. The molecule has 1 N–H and O–H groups in total. The molecule has 25 heavy (non-hydrogen) atoms. The van der Waals surface area contributed by atoms with Crippen molar-refractivity contribution in [2.75, 3.05) is 52.4 Å². The quantitative estimate of drug-likeness (QED) is 0.743. The van der Waals surface area contributed by atoms with Crippen LogP contribution in [0.2, 0.25) is 0 Å². The number of ether oxygens (including phenoxy) is 1. The summed E-state index contributed by atoms with van der Waals surface area (Å²) in [5.41, 5.74) is 1.01. The predicted octanol–water partition coefficient (Wildman–Crippen LogP) is 2.40. The van der Waals surface area contributed by atoms with E-state index in [0.717, 1.165) is 0 Å². The van der Waals surface area contributed by atoms with Gasteiger partial charge in [-0.05, 0) is 11.1 Å². The van der Waals surface area contributed by atoms with Gasteiger partial charge in [-0.1, -0.05) is 60.7 Å². The van der Waals surface area contributed by atoms with Gasteiger partial charge in [0, 0.05) is 43.5 Å². The van der Waals surface area contributed by atoms with Crippen LogP contribution in [0.3, 0.4) is 0 Å². The molecule has 2 aromatic rings. The Hall–Kier alpha value is -1.72. The van der Waals surface area contributed by atoms with E-state index < -0.39 is 38.6 Å². The largest absolute Gasteiger partial charge is 0.394 e. The molecule has 1 heterocycles. The van der Waals surface area contributed by atoms with E-state index >= 15 is 0 Å². The van der Waals surface area contributed by atoms with E-state index in [9.17, 15) is 0 Å². The Morgan fingerprint density at radius 1 is 0.880 bits per heavy atom. The van der Waals surface area contributed by atoms with E-state index in [4.69, 9.17) is 20.8 Å². The molecule has 0 atom stereocenters. The molecule has 0 saturated carbocycles. The van der Waals surface area contributed by atoms with Crippen LogP contribution in [-0.2, 0) is 4.74 Å². The van der Waals surface area contributed by atoms with E-state index in [-0.39, 0.29) is 19.8 Å². The first kappa shape index (κ1) is 10.4. The number of piperazine rings is 1. The molecule has 1 aliphatic heterocycles. The van der Waals surface area contributed by atoms with Crippen molar-refractivity contribution in [2.24, 2.45) is 0 Å². The lowest BCUT2D eigenvalue weighted by Crippen LogP contribution is -2.48. The van der Waals surface area contributed by atoms with Crippen LogP contribution < -0.4 is 0 Å². The predicted molar refractivity (Wildman–Crippen MR) is 101 cm³/mol. The molecule has 4 nitrogen and oxygen atoms in total. The van der Waals surface area contributed by atoms with Gasteiger partial charge in [0.2, 0.25) is 0 Å². The number of nitrogens with zero attached hydrogens (tertiary/aromatic N) is 2. The van der Waals surface area contributed by atoms with E-state index in [1.165, 1.54) is 0 Å². The van der Waals surface area contributed by atoms with Crippen molar-refractivity contribution in [3.8, 4) is 0 Å². The summed E-state index contributed by atoms with van der Waals surface area (Å²) in [6, 6.07) is 16.0. The molecule has 1 fully saturated rings. The highest BCUT2D eigenvalue weighted by Gasteiger charge is 2.26. The Bertz CT molecular complexity index is 847. The molecule has 0 amide bonds. The van der Waals surface area contributed by atoms with Crippen molar-refractivity contribution in [2.45, 2.75) is 6.04 Å². The van der Waals surface area contributed by atoms with Gasteiger partial charge >= 0.3 is 0 Å². The molecule has 0 aliphatic carbocycles. The second kappa shape index (κ2) is 9.68. The molecule has 134 valence electrons. The van der Waals surface area contributed by atoms with Crippen LogP contribution in [0.25, 0.3) is 0 Å². The smallest absolute Gasteiger partial charge is 0.0698 e. The number of hydrogen-bond donors (Lipinski definition) is 1. The van der Waals surface area contributed by atoms with E-state index in [1.54, 1.807) is 60.7 Å². The average Bonchev–Trinajstić information content (AvgIpc) is 2.76. The molecule has 0 bridgehead atoms. The molecular weight excluding hydrogens is 312 g/mol. The third-order valence-corrected chi connectivity index (χ3v) is 3.79. The molecule has 0 radical (unpaired) electrons. The highest BCUT2D eigenvalue weighted by molar-refractivity contribution is 5.31. The minimum atomic E-state index is -2.95. The molecular formula is C21H28N2O2. The Morgan fingerprint density at radius 2 is 1.44 bits per heavy atom. The van der Waals surface area contributed by atoms with Crippen LogP contribution in [0.1, 0.15) is 28.1 Å². The maximum Gasteiger partial charge on any atom is 0.0698 e. The SMILES string of the molecule is [2H]C1([2H])N(CCOCCO)C([2H])([2H])C([2H])([2H])N(C(c2ccccc2)c2ccccc2)C1([2H])[2H]. The second-order valence-corrected chi connectivity index (χ2v) is 5.53.